The smallest absolute Gasteiger partial charge is 0.423 e. The third kappa shape index (κ3) is 4.46. The van der Waals surface area contributed by atoms with E-state index in [2.05, 4.69) is 10.1 Å². The fourth-order valence-electron chi connectivity index (χ4n) is 3.93. The molecule has 4 rings (SSSR count). The highest BCUT2D eigenvalue weighted by atomic mass is 19.1. The number of ketones is 1. The van der Waals surface area contributed by atoms with E-state index in [9.17, 15) is 18.4 Å². The molecule has 10 heteroatoms. The first-order valence-electron chi connectivity index (χ1n) is 11.3. The van der Waals surface area contributed by atoms with Gasteiger partial charge >= 0.3 is 12.1 Å². The van der Waals surface area contributed by atoms with Crippen LogP contribution in [0.2, 0.25) is 0 Å². The van der Waals surface area contributed by atoms with Gasteiger partial charge in [-0.15, -0.1) is 0 Å². The van der Waals surface area contributed by atoms with Crippen molar-refractivity contribution in [3.63, 3.8) is 0 Å². The van der Waals surface area contributed by atoms with Gasteiger partial charge in [0.05, 0.1) is 28.9 Å². The maximum absolute atomic E-state index is 14.6. The van der Waals surface area contributed by atoms with Gasteiger partial charge in [-0.3, -0.25) is 4.79 Å². The van der Waals surface area contributed by atoms with Crippen LogP contribution in [-0.4, -0.2) is 38.8 Å². The SMILES string of the molecule is CCOc1nc2c(C(=O)c3c(F)cccc3F)cc(-c3c(C)noc3C)cc2n1C(=O)OC(C)(C)C. The maximum atomic E-state index is 14.6. The first-order chi connectivity index (χ1) is 16.9. The van der Waals surface area contributed by atoms with Crippen molar-refractivity contribution in [2.45, 2.75) is 47.1 Å². The Kier molecular flexibility index (Phi) is 6.38. The summed E-state index contributed by atoms with van der Waals surface area (Å²) in [6.45, 7) is 10.4. The first-order valence-corrected chi connectivity index (χ1v) is 11.3. The minimum absolute atomic E-state index is 0.0208. The monoisotopic (exact) mass is 497 g/mol. The molecule has 2 aromatic carbocycles. The lowest BCUT2D eigenvalue weighted by atomic mass is 9.95. The lowest BCUT2D eigenvalue weighted by Gasteiger charge is -2.20. The third-order valence-electron chi connectivity index (χ3n) is 5.34. The van der Waals surface area contributed by atoms with Crippen molar-refractivity contribution in [2.75, 3.05) is 6.61 Å². The van der Waals surface area contributed by atoms with Crippen LogP contribution in [0.3, 0.4) is 0 Å². The van der Waals surface area contributed by atoms with Gasteiger partial charge in [-0.25, -0.2) is 13.6 Å². The van der Waals surface area contributed by atoms with Crippen LogP contribution in [0.4, 0.5) is 13.6 Å². The minimum atomic E-state index is -1.02. The molecular formula is C26H25F2N3O5. The highest BCUT2D eigenvalue weighted by Gasteiger charge is 2.30. The number of carbonyl (C=O) groups is 2. The number of aryl methyl sites for hydroxylation is 2. The lowest BCUT2D eigenvalue weighted by molar-refractivity contribution is 0.0527. The Labute approximate surface area is 205 Å². The van der Waals surface area contributed by atoms with Crippen molar-refractivity contribution in [1.82, 2.24) is 14.7 Å². The summed E-state index contributed by atoms with van der Waals surface area (Å²) in [6, 6.07) is 6.09. The second-order valence-electron chi connectivity index (χ2n) is 9.16. The van der Waals surface area contributed by atoms with Crippen LogP contribution in [0.1, 0.15) is 55.1 Å². The van der Waals surface area contributed by atoms with Crippen LogP contribution in [0.25, 0.3) is 22.2 Å². The summed E-state index contributed by atoms with van der Waals surface area (Å²) in [7, 11) is 0. The van der Waals surface area contributed by atoms with Crippen molar-refractivity contribution >= 4 is 22.9 Å². The van der Waals surface area contributed by atoms with Gasteiger partial charge in [-0.2, -0.15) is 9.55 Å². The Bertz CT molecular complexity index is 1460. The molecule has 0 saturated carbocycles. The third-order valence-corrected chi connectivity index (χ3v) is 5.34. The van der Waals surface area contributed by atoms with Crippen molar-refractivity contribution in [1.29, 1.82) is 0 Å². The van der Waals surface area contributed by atoms with Crippen LogP contribution in [-0.2, 0) is 4.74 Å². The molecule has 0 atom stereocenters. The van der Waals surface area contributed by atoms with Gasteiger partial charge in [0.2, 0.25) is 5.78 Å². The van der Waals surface area contributed by atoms with E-state index in [4.69, 9.17) is 14.0 Å². The minimum Gasteiger partial charge on any atom is -0.465 e. The highest BCUT2D eigenvalue weighted by molar-refractivity contribution is 6.17. The van der Waals surface area contributed by atoms with Crippen molar-refractivity contribution in [3.05, 3.63) is 64.5 Å². The van der Waals surface area contributed by atoms with E-state index in [1.807, 2.05) is 0 Å². The molecule has 2 aromatic heterocycles. The Hall–Kier alpha value is -4.08. The van der Waals surface area contributed by atoms with E-state index < -0.39 is 34.7 Å². The van der Waals surface area contributed by atoms with E-state index >= 15 is 0 Å². The largest absolute Gasteiger partial charge is 0.465 e. The molecule has 0 radical (unpaired) electrons. The van der Waals surface area contributed by atoms with Gasteiger partial charge in [-0.05, 0) is 71.4 Å². The summed E-state index contributed by atoms with van der Waals surface area (Å²) >= 11 is 0. The molecule has 0 fully saturated rings. The number of nitrogens with zero attached hydrogens (tertiary/aromatic N) is 3. The molecule has 0 aliphatic carbocycles. The average Bonchev–Trinajstić information content (AvgIpc) is 3.30. The predicted molar refractivity (Wildman–Crippen MR) is 127 cm³/mol. The summed E-state index contributed by atoms with van der Waals surface area (Å²) < 4.78 is 46.7. The van der Waals surface area contributed by atoms with Gasteiger partial charge in [0.15, 0.2) is 0 Å². The number of halogens is 2. The second kappa shape index (κ2) is 9.18. The normalized spacial score (nSPS) is 11.7. The number of imidazole rings is 1. The number of rotatable bonds is 5. The number of hydrogen-bond acceptors (Lipinski definition) is 7. The zero-order valence-electron chi connectivity index (χ0n) is 20.7. The topological polar surface area (TPSA) is 96.5 Å². The van der Waals surface area contributed by atoms with Crippen LogP contribution < -0.4 is 4.74 Å². The Morgan fingerprint density at radius 2 is 1.78 bits per heavy atom. The Morgan fingerprint density at radius 3 is 2.33 bits per heavy atom. The van der Waals surface area contributed by atoms with Gasteiger partial charge in [0.25, 0.3) is 0 Å². The molecular weight excluding hydrogens is 472 g/mol. The molecule has 4 aromatic rings. The molecule has 0 aliphatic rings. The van der Waals surface area contributed by atoms with Crippen molar-refractivity contribution in [3.8, 4) is 17.1 Å². The van der Waals surface area contributed by atoms with Crippen LogP contribution >= 0.6 is 0 Å². The molecule has 188 valence electrons. The van der Waals surface area contributed by atoms with E-state index in [1.54, 1.807) is 47.6 Å². The fraction of sp³-hybridized carbons (Fsp3) is 0.308. The lowest BCUT2D eigenvalue weighted by Crippen LogP contribution is -2.27. The number of benzene rings is 2. The molecule has 0 bridgehead atoms. The number of fused-ring (bicyclic) bond motifs is 1. The molecule has 0 unspecified atom stereocenters. The molecule has 8 nitrogen and oxygen atoms in total. The molecule has 2 heterocycles. The van der Waals surface area contributed by atoms with Gasteiger partial charge in [0, 0.05) is 5.56 Å². The van der Waals surface area contributed by atoms with E-state index in [0.29, 0.717) is 22.6 Å². The van der Waals surface area contributed by atoms with Crippen molar-refractivity contribution in [2.24, 2.45) is 0 Å². The zero-order valence-corrected chi connectivity index (χ0v) is 20.7. The molecule has 0 amide bonds. The van der Waals surface area contributed by atoms with E-state index in [0.717, 1.165) is 16.7 Å². The van der Waals surface area contributed by atoms with E-state index in [-0.39, 0.29) is 29.2 Å². The van der Waals surface area contributed by atoms with E-state index in [1.165, 1.54) is 12.1 Å². The molecule has 0 saturated heterocycles. The summed E-state index contributed by atoms with van der Waals surface area (Å²) in [5.41, 5.74) is -0.00470. The standard InChI is InChI=1S/C26H25F2N3O5/c1-7-34-24-29-22-16(23(32)21-17(27)9-8-10-18(21)28)11-15(20-13(2)30-36-14(20)3)12-19(22)31(24)25(33)35-26(4,5)6/h8-12H,7H2,1-6H3. The quantitative estimate of drug-likeness (QED) is 0.312. The van der Waals surface area contributed by atoms with Crippen molar-refractivity contribution < 1.29 is 32.4 Å². The second-order valence-corrected chi connectivity index (χ2v) is 9.16. The number of ether oxygens (including phenoxy) is 2. The summed E-state index contributed by atoms with van der Waals surface area (Å²) in [5.74, 6) is -2.53. The zero-order chi connectivity index (χ0) is 26.4. The molecule has 0 N–H and O–H groups in total. The average molecular weight is 497 g/mol. The number of aromatic nitrogens is 3. The Morgan fingerprint density at radius 1 is 1.11 bits per heavy atom. The fourth-order valence-corrected chi connectivity index (χ4v) is 3.93. The molecule has 0 spiro atoms. The highest BCUT2D eigenvalue weighted by Crippen LogP contribution is 2.35. The maximum Gasteiger partial charge on any atom is 0.423 e. The Balaban J connectivity index is 2.08. The van der Waals surface area contributed by atoms with Crippen LogP contribution in [0.5, 0.6) is 6.01 Å². The van der Waals surface area contributed by atoms with Gasteiger partial charge in [-0.1, -0.05) is 11.2 Å². The number of carbonyl (C=O) groups excluding carboxylic acids is 2. The van der Waals surface area contributed by atoms with Crippen LogP contribution in [0.15, 0.2) is 34.9 Å². The van der Waals surface area contributed by atoms with Gasteiger partial charge in [0.1, 0.15) is 28.5 Å². The summed E-state index contributed by atoms with van der Waals surface area (Å²) in [6.07, 6.45) is -0.792. The summed E-state index contributed by atoms with van der Waals surface area (Å²) in [4.78, 5) is 31.1. The van der Waals surface area contributed by atoms with Gasteiger partial charge < -0.3 is 14.0 Å². The molecule has 36 heavy (non-hydrogen) atoms. The molecule has 0 aliphatic heterocycles. The number of hydrogen-bond donors (Lipinski definition) is 0. The predicted octanol–water partition coefficient (Wildman–Crippen LogP) is 6.00. The van der Waals surface area contributed by atoms with Crippen LogP contribution in [0, 0.1) is 25.5 Å². The summed E-state index contributed by atoms with van der Waals surface area (Å²) in [5, 5.41) is 3.96. The first kappa shape index (κ1) is 25.0.